The first-order chi connectivity index (χ1) is 9.00. The molecular formula is C13H19FN2O3. The third-order valence-corrected chi connectivity index (χ3v) is 2.40. The minimum absolute atomic E-state index is 0.154. The summed E-state index contributed by atoms with van der Waals surface area (Å²) in [7, 11) is 0. The van der Waals surface area contributed by atoms with Gasteiger partial charge in [-0.15, -0.1) is 0 Å². The van der Waals surface area contributed by atoms with Crippen molar-refractivity contribution >= 4 is 11.8 Å². The van der Waals surface area contributed by atoms with Crippen molar-refractivity contribution in [2.45, 2.75) is 32.8 Å². The van der Waals surface area contributed by atoms with Crippen LogP contribution in [0.4, 0.5) is 10.2 Å². The molecule has 0 aliphatic heterocycles. The normalized spacial score (nSPS) is 10.7. The number of carboxylic acid groups (broad SMARTS) is 1. The molecule has 0 saturated carbocycles. The summed E-state index contributed by atoms with van der Waals surface area (Å²) in [5.41, 5.74) is -0.154. The van der Waals surface area contributed by atoms with Gasteiger partial charge < -0.3 is 15.2 Å². The average molecular weight is 270 g/mol. The smallest absolute Gasteiger partial charge is 0.339 e. The van der Waals surface area contributed by atoms with Gasteiger partial charge in [0.05, 0.1) is 12.3 Å². The average Bonchev–Trinajstić information content (AvgIpc) is 2.34. The third-order valence-electron chi connectivity index (χ3n) is 2.40. The molecule has 0 aliphatic rings. The van der Waals surface area contributed by atoms with E-state index in [1.54, 1.807) is 0 Å². The van der Waals surface area contributed by atoms with E-state index in [2.05, 4.69) is 10.3 Å². The lowest BCUT2D eigenvalue weighted by Gasteiger charge is -2.09. The second-order valence-electron chi connectivity index (χ2n) is 4.41. The van der Waals surface area contributed by atoms with E-state index >= 15 is 0 Å². The third kappa shape index (κ3) is 5.65. The molecule has 0 radical (unpaired) electrons. The number of nitrogens with one attached hydrogen (secondary N) is 1. The maximum Gasteiger partial charge on any atom is 0.339 e. The number of anilines is 1. The van der Waals surface area contributed by atoms with Crippen LogP contribution >= 0.6 is 0 Å². The highest BCUT2D eigenvalue weighted by Crippen LogP contribution is 2.13. The van der Waals surface area contributed by atoms with E-state index in [0.717, 1.165) is 25.1 Å². The lowest BCUT2D eigenvalue weighted by molar-refractivity contribution is 0.0696. The van der Waals surface area contributed by atoms with Crippen LogP contribution in [0.2, 0.25) is 0 Å². The Kier molecular flexibility index (Phi) is 6.21. The number of nitrogens with zero attached hydrogens (tertiary/aromatic N) is 1. The first kappa shape index (κ1) is 15.4. The predicted octanol–water partition coefficient (Wildman–Crippen LogP) is 2.54. The summed E-state index contributed by atoms with van der Waals surface area (Å²) < 4.78 is 18.3. The highest BCUT2D eigenvalue weighted by molar-refractivity contribution is 5.93. The van der Waals surface area contributed by atoms with Crippen molar-refractivity contribution in [3.05, 3.63) is 23.6 Å². The molecule has 0 amide bonds. The van der Waals surface area contributed by atoms with Crippen LogP contribution in [-0.4, -0.2) is 35.3 Å². The minimum Gasteiger partial charge on any atom is -0.478 e. The molecular weight excluding hydrogens is 251 g/mol. The number of pyridine rings is 1. The number of aromatic carboxylic acids is 1. The lowest BCUT2D eigenvalue weighted by atomic mass is 10.2. The number of unbranched alkanes of at least 4 members (excludes halogenated alkanes) is 1. The summed E-state index contributed by atoms with van der Waals surface area (Å²) in [5, 5.41) is 11.8. The molecule has 0 atom stereocenters. The van der Waals surface area contributed by atoms with E-state index in [-0.39, 0.29) is 17.5 Å². The fourth-order valence-corrected chi connectivity index (χ4v) is 1.50. The Hall–Kier alpha value is -1.69. The second-order valence-corrected chi connectivity index (χ2v) is 4.41. The molecule has 5 nitrogen and oxygen atoms in total. The van der Waals surface area contributed by atoms with Gasteiger partial charge in [0.15, 0.2) is 0 Å². The van der Waals surface area contributed by atoms with Crippen molar-refractivity contribution in [1.82, 2.24) is 4.98 Å². The quantitative estimate of drug-likeness (QED) is 0.710. The summed E-state index contributed by atoms with van der Waals surface area (Å²) in [6.07, 6.45) is 2.90. The Morgan fingerprint density at radius 3 is 2.89 bits per heavy atom. The van der Waals surface area contributed by atoms with Crippen LogP contribution in [0, 0.1) is 5.82 Å². The molecule has 0 saturated heterocycles. The van der Waals surface area contributed by atoms with Gasteiger partial charge in [-0.2, -0.15) is 0 Å². The van der Waals surface area contributed by atoms with Crippen LogP contribution < -0.4 is 5.32 Å². The Bertz CT molecular complexity index is 424. The summed E-state index contributed by atoms with van der Waals surface area (Å²) in [6, 6.07) is 0.958. The Morgan fingerprint density at radius 2 is 2.26 bits per heavy atom. The van der Waals surface area contributed by atoms with Gasteiger partial charge in [-0.1, -0.05) is 0 Å². The predicted molar refractivity (Wildman–Crippen MR) is 70.0 cm³/mol. The first-order valence-corrected chi connectivity index (χ1v) is 6.25. The van der Waals surface area contributed by atoms with Gasteiger partial charge in [-0.05, 0) is 32.8 Å². The van der Waals surface area contributed by atoms with E-state index in [0.29, 0.717) is 13.2 Å². The topological polar surface area (TPSA) is 71.5 Å². The van der Waals surface area contributed by atoms with Crippen molar-refractivity contribution in [3.63, 3.8) is 0 Å². The molecule has 106 valence electrons. The lowest BCUT2D eigenvalue weighted by Crippen LogP contribution is -2.11. The van der Waals surface area contributed by atoms with Crippen molar-refractivity contribution < 1.29 is 19.0 Å². The molecule has 1 aromatic heterocycles. The maximum absolute atomic E-state index is 12.9. The van der Waals surface area contributed by atoms with Gasteiger partial charge in [-0.3, -0.25) is 0 Å². The van der Waals surface area contributed by atoms with E-state index in [1.807, 2.05) is 13.8 Å². The van der Waals surface area contributed by atoms with Crippen molar-refractivity contribution in [2.75, 3.05) is 18.5 Å². The summed E-state index contributed by atoms with van der Waals surface area (Å²) in [5.74, 6) is -1.66. The number of halogens is 1. The highest BCUT2D eigenvalue weighted by atomic mass is 19.1. The van der Waals surface area contributed by atoms with Gasteiger partial charge in [-0.25, -0.2) is 14.2 Å². The van der Waals surface area contributed by atoms with Crippen LogP contribution in [0.25, 0.3) is 0 Å². The van der Waals surface area contributed by atoms with Gasteiger partial charge in [0.1, 0.15) is 17.2 Å². The Morgan fingerprint density at radius 1 is 1.53 bits per heavy atom. The van der Waals surface area contributed by atoms with Crippen LogP contribution in [0.5, 0.6) is 0 Å². The maximum atomic E-state index is 12.9. The van der Waals surface area contributed by atoms with Gasteiger partial charge >= 0.3 is 5.97 Å². The molecule has 0 bridgehead atoms. The molecule has 0 unspecified atom stereocenters. The molecule has 1 heterocycles. The number of hydrogen-bond acceptors (Lipinski definition) is 4. The van der Waals surface area contributed by atoms with Crippen molar-refractivity contribution in [3.8, 4) is 0 Å². The zero-order valence-electron chi connectivity index (χ0n) is 11.1. The first-order valence-electron chi connectivity index (χ1n) is 6.25. The highest BCUT2D eigenvalue weighted by Gasteiger charge is 2.12. The number of aromatic nitrogens is 1. The molecule has 1 rings (SSSR count). The zero-order chi connectivity index (χ0) is 14.3. The molecule has 0 fully saturated rings. The summed E-state index contributed by atoms with van der Waals surface area (Å²) in [6.45, 7) is 5.18. The number of carbonyl (C=O) groups is 1. The minimum atomic E-state index is -1.20. The fourth-order valence-electron chi connectivity index (χ4n) is 1.50. The number of rotatable bonds is 8. The van der Waals surface area contributed by atoms with Gasteiger partial charge in [0.2, 0.25) is 0 Å². The Labute approximate surface area is 111 Å². The van der Waals surface area contributed by atoms with Gasteiger partial charge in [0, 0.05) is 13.2 Å². The zero-order valence-corrected chi connectivity index (χ0v) is 11.1. The van der Waals surface area contributed by atoms with E-state index in [1.165, 1.54) is 0 Å². The van der Waals surface area contributed by atoms with Crippen molar-refractivity contribution in [1.29, 1.82) is 0 Å². The summed E-state index contributed by atoms with van der Waals surface area (Å²) >= 11 is 0. The molecule has 1 aromatic rings. The fraction of sp³-hybridized carbons (Fsp3) is 0.538. The molecule has 19 heavy (non-hydrogen) atoms. The largest absolute Gasteiger partial charge is 0.478 e. The molecule has 2 N–H and O–H groups in total. The molecule has 0 aromatic carbocycles. The number of ether oxygens (including phenoxy) is 1. The standard InChI is InChI=1S/C13H19FN2O3/c1-9(2)19-6-4-3-5-15-12-11(13(17)18)7-10(14)8-16-12/h7-9H,3-6H2,1-2H3,(H,15,16)(H,17,18). The Balaban J connectivity index is 2.39. The summed E-state index contributed by atoms with van der Waals surface area (Å²) in [4.78, 5) is 14.7. The monoisotopic (exact) mass is 270 g/mol. The van der Waals surface area contributed by atoms with Gasteiger partial charge in [0.25, 0.3) is 0 Å². The van der Waals surface area contributed by atoms with Crippen LogP contribution in [0.15, 0.2) is 12.3 Å². The van der Waals surface area contributed by atoms with E-state index < -0.39 is 11.8 Å². The molecule has 0 spiro atoms. The van der Waals surface area contributed by atoms with Crippen LogP contribution in [-0.2, 0) is 4.74 Å². The van der Waals surface area contributed by atoms with E-state index in [9.17, 15) is 9.18 Å². The van der Waals surface area contributed by atoms with E-state index in [4.69, 9.17) is 9.84 Å². The van der Waals surface area contributed by atoms with Crippen molar-refractivity contribution in [2.24, 2.45) is 0 Å². The second kappa shape index (κ2) is 7.68. The molecule has 0 aliphatic carbocycles. The molecule has 6 heteroatoms. The number of carboxylic acids is 1. The number of hydrogen-bond donors (Lipinski definition) is 2. The SMILES string of the molecule is CC(C)OCCCCNc1ncc(F)cc1C(=O)O. The van der Waals surface area contributed by atoms with Crippen LogP contribution in [0.3, 0.4) is 0 Å². The van der Waals surface area contributed by atoms with Crippen LogP contribution in [0.1, 0.15) is 37.0 Å².